The molecule has 1 N–H and O–H groups in total. The Bertz CT molecular complexity index is 869. The zero-order valence-corrected chi connectivity index (χ0v) is 13.9. The summed E-state index contributed by atoms with van der Waals surface area (Å²) < 4.78 is 7.06. The van der Waals surface area contributed by atoms with Crippen LogP contribution in [0.4, 0.5) is 17.5 Å². The molecule has 3 heterocycles. The second kappa shape index (κ2) is 5.99. The van der Waals surface area contributed by atoms with Crippen LogP contribution in [0.2, 0.25) is 0 Å². The van der Waals surface area contributed by atoms with Crippen LogP contribution in [0.25, 0.3) is 11.0 Å². The molecule has 1 aliphatic heterocycles. The summed E-state index contributed by atoms with van der Waals surface area (Å²) in [6, 6.07) is 7.73. The lowest BCUT2D eigenvalue weighted by molar-refractivity contribution is 0.415. The number of hydrogen-bond donors (Lipinski definition) is 1. The van der Waals surface area contributed by atoms with Crippen molar-refractivity contribution in [1.82, 2.24) is 19.7 Å². The minimum Gasteiger partial charge on any atom is -0.497 e. The molecule has 1 aromatic carbocycles. The number of nitrogens with zero attached hydrogens (tertiary/aromatic N) is 5. The van der Waals surface area contributed by atoms with E-state index in [9.17, 15) is 0 Å². The van der Waals surface area contributed by atoms with Gasteiger partial charge in [0.1, 0.15) is 11.6 Å². The van der Waals surface area contributed by atoms with Gasteiger partial charge in [0, 0.05) is 31.9 Å². The van der Waals surface area contributed by atoms with E-state index in [-0.39, 0.29) is 0 Å². The Balaban J connectivity index is 1.75. The molecule has 0 saturated carbocycles. The van der Waals surface area contributed by atoms with Crippen LogP contribution in [0.15, 0.2) is 30.5 Å². The van der Waals surface area contributed by atoms with Gasteiger partial charge in [-0.2, -0.15) is 15.1 Å². The van der Waals surface area contributed by atoms with Crippen molar-refractivity contribution >= 4 is 28.5 Å². The summed E-state index contributed by atoms with van der Waals surface area (Å²) in [6.07, 6.45) is 4.24. The largest absolute Gasteiger partial charge is 0.497 e. The SMILES string of the molecule is COc1cccc(Nc2nc(N3CCCC3)c3cnn(C)c3n2)c1. The maximum absolute atomic E-state index is 5.27. The molecule has 0 radical (unpaired) electrons. The highest BCUT2D eigenvalue weighted by molar-refractivity contribution is 5.88. The van der Waals surface area contributed by atoms with Crippen molar-refractivity contribution in [2.24, 2.45) is 7.05 Å². The van der Waals surface area contributed by atoms with Crippen molar-refractivity contribution in [3.05, 3.63) is 30.5 Å². The van der Waals surface area contributed by atoms with Crippen LogP contribution in [0.3, 0.4) is 0 Å². The Morgan fingerprint density at radius 1 is 1.17 bits per heavy atom. The van der Waals surface area contributed by atoms with Crippen LogP contribution in [0, 0.1) is 0 Å². The predicted octanol–water partition coefficient (Wildman–Crippen LogP) is 2.72. The number of benzene rings is 1. The monoisotopic (exact) mass is 324 g/mol. The highest BCUT2D eigenvalue weighted by Gasteiger charge is 2.20. The number of fused-ring (bicyclic) bond motifs is 1. The van der Waals surface area contributed by atoms with Crippen molar-refractivity contribution in [2.45, 2.75) is 12.8 Å². The lowest BCUT2D eigenvalue weighted by Gasteiger charge is -2.18. The smallest absolute Gasteiger partial charge is 0.231 e. The highest BCUT2D eigenvalue weighted by Crippen LogP contribution is 2.29. The highest BCUT2D eigenvalue weighted by atomic mass is 16.5. The van der Waals surface area contributed by atoms with Gasteiger partial charge in [-0.1, -0.05) is 6.07 Å². The second-order valence-corrected chi connectivity index (χ2v) is 5.93. The maximum Gasteiger partial charge on any atom is 0.231 e. The Morgan fingerprint density at radius 2 is 2.00 bits per heavy atom. The summed E-state index contributed by atoms with van der Waals surface area (Å²) in [5.41, 5.74) is 1.72. The molecule has 0 spiro atoms. The molecule has 0 unspecified atom stereocenters. The fraction of sp³-hybridized carbons (Fsp3) is 0.353. The number of methoxy groups -OCH3 is 1. The molecule has 1 saturated heterocycles. The quantitative estimate of drug-likeness (QED) is 0.796. The molecule has 0 aliphatic carbocycles. The first-order valence-electron chi connectivity index (χ1n) is 8.10. The van der Waals surface area contributed by atoms with Gasteiger partial charge in [0.05, 0.1) is 18.7 Å². The van der Waals surface area contributed by atoms with Gasteiger partial charge in [0.2, 0.25) is 5.95 Å². The second-order valence-electron chi connectivity index (χ2n) is 5.93. The van der Waals surface area contributed by atoms with Crippen molar-refractivity contribution in [3.63, 3.8) is 0 Å². The number of hydrogen-bond acceptors (Lipinski definition) is 6. The van der Waals surface area contributed by atoms with E-state index < -0.39 is 0 Å². The molecule has 24 heavy (non-hydrogen) atoms. The van der Waals surface area contributed by atoms with Crippen molar-refractivity contribution in [3.8, 4) is 5.75 Å². The summed E-state index contributed by atoms with van der Waals surface area (Å²) in [7, 11) is 3.56. The Morgan fingerprint density at radius 3 is 2.79 bits per heavy atom. The van der Waals surface area contributed by atoms with E-state index in [0.29, 0.717) is 5.95 Å². The minimum absolute atomic E-state index is 0.571. The first-order valence-corrected chi connectivity index (χ1v) is 8.10. The molecule has 1 aliphatic rings. The predicted molar refractivity (Wildman–Crippen MR) is 94.0 cm³/mol. The number of nitrogens with one attached hydrogen (secondary N) is 1. The fourth-order valence-electron chi connectivity index (χ4n) is 3.06. The van der Waals surface area contributed by atoms with Gasteiger partial charge in [-0.15, -0.1) is 0 Å². The molecule has 124 valence electrons. The molecule has 0 bridgehead atoms. The molecule has 3 aromatic rings. The van der Waals surface area contributed by atoms with E-state index in [1.807, 2.05) is 37.5 Å². The molecule has 7 heteroatoms. The van der Waals surface area contributed by atoms with Crippen LogP contribution >= 0.6 is 0 Å². The summed E-state index contributed by atoms with van der Waals surface area (Å²) in [5.74, 6) is 2.32. The van der Waals surface area contributed by atoms with Gasteiger partial charge in [0.15, 0.2) is 5.65 Å². The van der Waals surface area contributed by atoms with E-state index in [0.717, 1.165) is 41.4 Å². The average Bonchev–Trinajstić information content (AvgIpc) is 3.25. The average molecular weight is 324 g/mol. The van der Waals surface area contributed by atoms with E-state index in [1.165, 1.54) is 12.8 Å². The van der Waals surface area contributed by atoms with Gasteiger partial charge in [-0.25, -0.2) is 0 Å². The third-order valence-electron chi connectivity index (χ3n) is 4.30. The first kappa shape index (κ1) is 14.7. The molecule has 0 amide bonds. The van der Waals surface area contributed by atoms with E-state index in [4.69, 9.17) is 9.72 Å². The normalized spacial score (nSPS) is 14.3. The standard InChI is InChI=1S/C17H20N6O/c1-22-15-14(11-18-22)16(23-8-3-4-9-23)21-17(20-15)19-12-6-5-7-13(10-12)24-2/h5-7,10-11H,3-4,8-9H2,1-2H3,(H,19,20,21). The molecule has 4 rings (SSSR count). The summed E-state index contributed by atoms with van der Waals surface area (Å²) in [6.45, 7) is 2.05. The molecule has 2 aromatic heterocycles. The van der Waals surface area contributed by atoms with E-state index in [1.54, 1.807) is 11.8 Å². The van der Waals surface area contributed by atoms with Gasteiger partial charge < -0.3 is 15.0 Å². The molecule has 1 fully saturated rings. The zero-order valence-electron chi connectivity index (χ0n) is 13.9. The summed E-state index contributed by atoms with van der Waals surface area (Å²) in [5, 5.41) is 8.62. The maximum atomic E-state index is 5.27. The van der Waals surface area contributed by atoms with Gasteiger partial charge in [-0.3, -0.25) is 4.68 Å². The first-order chi connectivity index (χ1) is 11.7. The molecule has 7 nitrogen and oxygen atoms in total. The number of rotatable bonds is 4. The summed E-state index contributed by atoms with van der Waals surface area (Å²) >= 11 is 0. The van der Waals surface area contributed by atoms with Crippen LogP contribution in [-0.2, 0) is 7.05 Å². The fourth-order valence-corrected chi connectivity index (χ4v) is 3.06. The van der Waals surface area contributed by atoms with Crippen LogP contribution in [-0.4, -0.2) is 39.9 Å². The molecule has 0 atom stereocenters. The lowest BCUT2D eigenvalue weighted by Crippen LogP contribution is -2.20. The number of ether oxygens (including phenoxy) is 1. The van der Waals surface area contributed by atoms with E-state index >= 15 is 0 Å². The number of aryl methyl sites for hydroxylation is 1. The minimum atomic E-state index is 0.571. The summed E-state index contributed by atoms with van der Waals surface area (Å²) in [4.78, 5) is 11.7. The van der Waals surface area contributed by atoms with E-state index in [2.05, 4.69) is 20.3 Å². The number of anilines is 3. The Labute approximate surface area is 140 Å². The third-order valence-corrected chi connectivity index (χ3v) is 4.30. The van der Waals surface area contributed by atoms with Gasteiger partial charge >= 0.3 is 0 Å². The van der Waals surface area contributed by atoms with Crippen LogP contribution in [0.5, 0.6) is 5.75 Å². The molecular formula is C17H20N6O. The Hall–Kier alpha value is -2.83. The van der Waals surface area contributed by atoms with Crippen molar-refractivity contribution in [1.29, 1.82) is 0 Å². The Kier molecular flexibility index (Phi) is 3.68. The van der Waals surface area contributed by atoms with Crippen molar-refractivity contribution < 1.29 is 4.74 Å². The topological polar surface area (TPSA) is 68.1 Å². The lowest BCUT2D eigenvalue weighted by atomic mass is 10.3. The van der Waals surface area contributed by atoms with Crippen LogP contribution < -0.4 is 15.0 Å². The third kappa shape index (κ3) is 2.62. The van der Waals surface area contributed by atoms with Gasteiger partial charge in [0.25, 0.3) is 0 Å². The zero-order chi connectivity index (χ0) is 16.5. The molecular weight excluding hydrogens is 304 g/mol. The van der Waals surface area contributed by atoms with Gasteiger partial charge in [-0.05, 0) is 25.0 Å². The number of aromatic nitrogens is 4. The van der Waals surface area contributed by atoms with Crippen LogP contribution in [0.1, 0.15) is 12.8 Å². The van der Waals surface area contributed by atoms with Crippen molar-refractivity contribution in [2.75, 3.05) is 30.4 Å².